The maximum Gasteiger partial charge on any atom is 0.251 e. The zero-order valence-corrected chi connectivity index (χ0v) is 18.4. The Hall–Kier alpha value is -2.97. The molecule has 31 heavy (non-hydrogen) atoms. The molecule has 0 unspecified atom stereocenters. The molecule has 1 amide bonds. The normalized spacial score (nSPS) is 14.8. The molecule has 8 heteroatoms. The Bertz CT molecular complexity index is 1300. The summed E-state index contributed by atoms with van der Waals surface area (Å²) in [5.74, 6) is -0.326. The fourth-order valence-corrected chi connectivity index (χ4v) is 5.63. The highest BCUT2D eigenvalue weighted by molar-refractivity contribution is 7.89. The fraction of sp³-hybridized carbons (Fsp3) is 0.304. The van der Waals surface area contributed by atoms with Crippen molar-refractivity contribution in [3.05, 3.63) is 70.0 Å². The van der Waals surface area contributed by atoms with Crippen LogP contribution in [0.2, 0.25) is 0 Å². The van der Waals surface area contributed by atoms with Gasteiger partial charge in [0, 0.05) is 24.8 Å². The van der Waals surface area contributed by atoms with E-state index >= 15 is 0 Å². The van der Waals surface area contributed by atoms with Gasteiger partial charge in [-0.2, -0.15) is 4.31 Å². The molecular formula is C23H25N3O4S. The molecule has 2 aromatic carbocycles. The number of nitrogens with zero attached hydrogens (tertiary/aromatic N) is 2. The zero-order valence-electron chi connectivity index (χ0n) is 17.6. The molecule has 0 spiro atoms. The molecule has 3 aromatic rings. The first-order valence-electron chi connectivity index (χ1n) is 10.3. The summed E-state index contributed by atoms with van der Waals surface area (Å²) in [6.45, 7) is 4.79. The van der Waals surface area contributed by atoms with Crippen molar-refractivity contribution >= 4 is 32.5 Å². The van der Waals surface area contributed by atoms with Gasteiger partial charge in [0.25, 0.3) is 5.56 Å². The van der Waals surface area contributed by atoms with Gasteiger partial charge in [-0.3, -0.25) is 14.2 Å². The van der Waals surface area contributed by atoms with Crippen LogP contribution in [0.15, 0.2) is 58.2 Å². The van der Waals surface area contributed by atoms with Crippen molar-refractivity contribution in [2.45, 2.75) is 38.1 Å². The van der Waals surface area contributed by atoms with Gasteiger partial charge in [0.05, 0.1) is 10.4 Å². The number of amides is 1. The average Bonchev–Trinajstić information content (AvgIpc) is 3.24. The van der Waals surface area contributed by atoms with Crippen molar-refractivity contribution in [1.29, 1.82) is 0 Å². The van der Waals surface area contributed by atoms with Crippen LogP contribution >= 0.6 is 0 Å². The topological polar surface area (TPSA) is 88.5 Å². The lowest BCUT2D eigenvalue weighted by atomic mass is 10.1. The molecule has 0 atom stereocenters. The number of sulfonamides is 1. The van der Waals surface area contributed by atoms with Gasteiger partial charge in [0.2, 0.25) is 15.9 Å². The highest BCUT2D eigenvalue weighted by Gasteiger charge is 2.27. The van der Waals surface area contributed by atoms with Gasteiger partial charge in [-0.1, -0.05) is 6.07 Å². The smallest absolute Gasteiger partial charge is 0.251 e. The third-order valence-electron chi connectivity index (χ3n) is 5.47. The Morgan fingerprint density at radius 3 is 2.32 bits per heavy atom. The Morgan fingerprint density at radius 2 is 1.65 bits per heavy atom. The van der Waals surface area contributed by atoms with Crippen LogP contribution in [0.1, 0.15) is 24.0 Å². The number of benzene rings is 2. The second-order valence-electron chi connectivity index (χ2n) is 8.01. The molecule has 162 valence electrons. The van der Waals surface area contributed by atoms with Crippen LogP contribution in [-0.4, -0.2) is 36.3 Å². The number of hydrogen-bond donors (Lipinski definition) is 1. The Balaban J connectivity index is 1.64. The van der Waals surface area contributed by atoms with E-state index < -0.39 is 10.0 Å². The number of carbonyl (C=O) groups excluding carboxylic acids is 1. The van der Waals surface area contributed by atoms with Gasteiger partial charge in [-0.05, 0) is 79.6 Å². The first kappa shape index (κ1) is 21.3. The van der Waals surface area contributed by atoms with Crippen LogP contribution < -0.4 is 10.9 Å². The number of carbonyl (C=O) groups is 1. The van der Waals surface area contributed by atoms with Gasteiger partial charge >= 0.3 is 0 Å². The van der Waals surface area contributed by atoms with Crippen molar-refractivity contribution in [3.8, 4) is 0 Å². The predicted octanol–water partition coefficient (Wildman–Crippen LogP) is 3.04. The van der Waals surface area contributed by atoms with E-state index in [0.717, 1.165) is 24.0 Å². The molecule has 2 heterocycles. The van der Waals surface area contributed by atoms with Crippen molar-refractivity contribution in [2.24, 2.45) is 0 Å². The third-order valence-corrected chi connectivity index (χ3v) is 7.37. The number of anilines is 1. The SMILES string of the molecule is Cc1cc(C)cc(NC(=O)Cn2c(=O)ccc3cc(S(=O)(=O)N4CCCC4)ccc32)c1. The molecule has 4 rings (SSSR count). The highest BCUT2D eigenvalue weighted by atomic mass is 32.2. The van der Waals surface area contributed by atoms with Gasteiger partial charge < -0.3 is 5.32 Å². The molecule has 1 saturated heterocycles. The highest BCUT2D eigenvalue weighted by Crippen LogP contribution is 2.24. The minimum atomic E-state index is -3.56. The van der Waals surface area contributed by atoms with Gasteiger partial charge in [-0.15, -0.1) is 0 Å². The van der Waals surface area contributed by atoms with Crippen LogP contribution in [0.5, 0.6) is 0 Å². The van der Waals surface area contributed by atoms with Crippen LogP contribution in [-0.2, 0) is 21.4 Å². The predicted molar refractivity (Wildman–Crippen MR) is 121 cm³/mol. The van der Waals surface area contributed by atoms with Crippen molar-refractivity contribution < 1.29 is 13.2 Å². The molecule has 0 aliphatic carbocycles. The quantitative estimate of drug-likeness (QED) is 0.662. The minimum absolute atomic E-state index is 0.165. The van der Waals surface area contributed by atoms with E-state index in [0.29, 0.717) is 29.7 Å². The second kappa shape index (κ2) is 8.28. The molecule has 0 bridgehead atoms. The van der Waals surface area contributed by atoms with Crippen molar-refractivity contribution in [2.75, 3.05) is 18.4 Å². The summed E-state index contributed by atoms with van der Waals surface area (Å²) in [5.41, 5.74) is 2.94. The lowest BCUT2D eigenvalue weighted by Crippen LogP contribution is -2.28. The Morgan fingerprint density at radius 1 is 0.968 bits per heavy atom. The summed E-state index contributed by atoms with van der Waals surface area (Å²) >= 11 is 0. The number of hydrogen-bond acceptors (Lipinski definition) is 4. The largest absolute Gasteiger partial charge is 0.325 e. The summed E-state index contributed by atoms with van der Waals surface area (Å²) in [7, 11) is -3.56. The zero-order chi connectivity index (χ0) is 22.2. The minimum Gasteiger partial charge on any atom is -0.325 e. The molecule has 1 N–H and O–H groups in total. The number of rotatable bonds is 5. The van der Waals surface area contributed by atoms with Gasteiger partial charge in [0.1, 0.15) is 6.54 Å². The van der Waals surface area contributed by atoms with E-state index in [-0.39, 0.29) is 22.9 Å². The number of pyridine rings is 1. The summed E-state index contributed by atoms with van der Waals surface area (Å²) in [6.07, 6.45) is 1.73. The van der Waals surface area contributed by atoms with Gasteiger partial charge in [0.15, 0.2) is 0 Å². The van der Waals surface area contributed by atoms with Crippen molar-refractivity contribution in [3.63, 3.8) is 0 Å². The molecule has 1 aliphatic rings. The average molecular weight is 440 g/mol. The fourth-order valence-electron chi connectivity index (χ4n) is 4.07. The molecule has 1 fully saturated rings. The van der Waals surface area contributed by atoms with E-state index in [2.05, 4.69) is 5.32 Å². The molecule has 0 saturated carbocycles. The Kier molecular flexibility index (Phi) is 5.68. The monoisotopic (exact) mass is 439 g/mol. The van der Waals surface area contributed by atoms with Crippen LogP contribution in [0.3, 0.4) is 0 Å². The van der Waals surface area contributed by atoms with E-state index in [1.54, 1.807) is 18.2 Å². The van der Waals surface area contributed by atoms with Crippen LogP contribution in [0, 0.1) is 13.8 Å². The van der Waals surface area contributed by atoms with Crippen LogP contribution in [0.25, 0.3) is 10.9 Å². The molecule has 1 aromatic heterocycles. The third kappa shape index (κ3) is 4.40. The van der Waals surface area contributed by atoms with Crippen LogP contribution in [0.4, 0.5) is 5.69 Å². The maximum absolute atomic E-state index is 12.9. The van der Waals surface area contributed by atoms with Gasteiger partial charge in [-0.25, -0.2) is 8.42 Å². The summed E-state index contributed by atoms with van der Waals surface area (Å²) in [5, 5.41) is 3.43. The summed E-state index contributed by atoms with van der Waals surface area (Å²) in [4.78, 5) is 25.3. The Labute approximate surface area is 181 Å². The molecule has 0 radical (unpaired) electrons. The first-order valence-corrected chi connectivity index (χ1v) is 11.7. The lowest BCUT2D eigenvalue weighted by Gasteiger charge is -2.16. The van der Waals surface area contributed by atoms with E-state index in [4.69, 9.17) is 0 Å². The number of nitrogens with one attached hydrogen (secondary N) is 1. The molecular weight excluding hydrogens is 414 g/mol. The van der Waals surface area contributed by atoms with E-state index in [1.807, 2.05) is 32.0 Å². The summed E-state index contributed by atoms with van der Waals surface area (Å²) in [6, 6.07) is 13.4. The number of aryl methyl sites for hydroxylation is 2. The summed E-state index contributed by atoms with van der Waals surface area (Å²) < 4.78 is 28.6. The second-order valence-corrected chi connectivity index (χ2v) is 9.95. The maximum atomic E-state index is 12.9. The molecule has 7 nitrogen and oxygen atoms in total. The standard InChI is InChI=1S/C23H25N3O4S/c1-16-11-17(2)13-19(12-16)24-22(27)15-26-21-7-6-20(14-18(21)5-8-23(26)28)31(29,30)25-9-3-4-10-25/h5-8,11-14H,3-4,9-10,15H2,1-2H3,(H,24,27). The van der Waals surface area contributed by atoms with E-state index in [9.17, 15) is 18.0 Å². The number of aromatic nitrogens is 1. The van der Waals surface area contributed by atoms with Crippen molar-refractivity contribution in [1.82, 2.24) is 8.87 Å². The lowest BCUT2D eigenvalue weighted by molar-refractivity contribution is -0.116. The first-order chi connectivity index (χ1) is 14.7. The number of fused-ring (bicyclic) bond motifs is 1. The molecule has 1 aliphatic heterocycles. The van der Waals surface area contributed by atoms with E-state index in [1.165, 1.54) is 21.0 Å².